The van der Waals surface area contributed by atoms with Gasteiger partial charge in [-0.25, -0.2) is 0 Å². The molecule has 0 rings (SSSR count). The van der Waals surface area contributed by atoms with Crippen LogP contribution in [-0.2, 0) is 9.59 Å². The molecule has 0 unspecified atom stereocenters. The number of carbonyl (C=O) groups excluding carboxylic acids is 2. The number of amides is 1. The molecule has 0 saturated heterocycles. The van der Waals surface area contributed by atoms with Gasteiger partial charge in [-0.15, -0.1) is 0 Å². The van der Waals surface area contributed by atoms with Crippen LogP contribution in [0.2, 0.25) is 0 Å². The Bertz CT molecular complexity index is 143. The number of hydrogen-bond acceptors (Lipinski definition) is 2. The number of carbonyl (C=O) groups is 2. The van der Waals surface area contributed by atoms with Gasteiger partial charge in [0.25, 0.3) is 0 Å². The van der Waals surface area contributed by atoms with E-state index in [1.54, 1.807) is 0 Å². The number of hydrogen-bond donors (Lipinski definition) is 1. The molecule has 0 aliphatic heterocycles. The van der Waals surface area contributed by atoms with Gasteiger partial charge in [-0.05, 0) is 13.3 Å². The fourth-order valence-electron chi connectivity index (χ4n) is 0.642. The molecule has 12 heavy (non-hydrogen) atoms. The third-order valence-corrected chi connectivity index (χ3v) is 1.28. The lowest BCUT2D eigenvalue weighted by Gasteiger charge is -2.00. The van der Waals surface area contributed by atoms with E-state index < -0.39 is 0 Å². The maximum Gasteiger partial charge on any atom is 0.220 e. The lowest BCUT2D eigenvalue weighted by Crippen LogP contribution is -2.24. The molecule has 0 aliphatic carbocycles. The van der Waals surface area contributed by atoms with Crippen molar-refractivity contribution in [1.82, 2.24) is 5.32 Å². The van der Waals surface area contributed by atoms with Crippen LogP contribution in [-0.4, -0.2) is 18.2 Å². The predicted octanol–water partition coefficient (Wildman–Crippen LogP) is 1.52. The highest BCUT2D eigenvalue weighted by Crippen LogP contribution is 1.89. The van der Waals surface area contributed by atoms with Gasteiger partial charge in [0.15, 0.2) is 0 Å². The normalized spacial score (nSPS) is 8.50. The summed E-state index contributed by atoms with van der Waals surface area (Å²) in [5.74, 6) is 0.0405. The molecule has 0 spiro atoms. The molecule has 0 atom stereocenters. The van der Waals surface area contributed by atoms with E-state index in [1.165, 1.54) is 6.92 Å². The van der Waals surface area contributed by atoms with E-state index in [1.807, 2.05) is 6.92 Å². The Morgan fingerprint density at radius 2 is 1.83 bits per heavy atom. The summed E-state index contributed by atoms with van der Waals surface area (Å²) in [6, 6.07) is 0. The molecule has 3 nitrogen and oxygen atoms in total. The van der Waals surface area contributed by atoms with Gasteiger partial charge in [-0.2, -0.15) is 0 Å². The topological polar surface area (TPSA) is 46.2 Å². The molecular weight excluding hydrogens is 154 g/mol. The summed E-state index contributed by atoms with van der Waals surface area (Å²) in [5.41, 5.74) is 0. The van der Waals surface area contributed by atoms with Crippen LogP contribution < -0.4 is 5.32 Å². The summed E-state index contributed by atoms with van der Waals surface area (Å²) in [6.07, 6.45) is 1.62. The lowest BCUT2D eigenvalue weighted by atomic mass is 10.2. The molecule has 72 valence electrons. The lowest BCUT2D eigenvalue weighted by molar-refractivity contribution is -0.124. The first-order chi connectivity index (χ1) is 5.16. The SMILES string of the molecule is C.CCCNC(=O)CCC(C)=O. The van der Waals surface area contributed by atoms with E-state index in [0.29, 0.717) is 19.4 Å². The van der Waals surface area contributed by atoms with Crippen molar-refractivity contribution in [2.75, 3.05) is 6.54 Å². The van der Waals surface area contributed by atoms with Gasteiger partial charge in [0.1, 0.15) is 5.78 Å². The maximum atomic E-state index is 10.8. The summed E-state index contributed by atoms with van der Waals surface area (Å²) in [5, 5.41) is 2.70. The fourth-order valence-corrected chi connectivity index (χ4v) is 0.642. The number of ketones is 1. The van der Waals surface area contributed by atoms with E-state index in [2.05, 4.69) is 5.32 Å². The quantitative estimate of drug-likeness (QED) is 0.685. The maximum absolute atomic E-state index is 10.8. The van der Waals surface area contributed by atoms with E-state index >= 15 is 0 Å². The monoisotopic (exact) mass is 173 g/mol. The van der Waals surface area contributed by atoms with Gasteiger partial charge >= 0.3 is 0 Å². The minimum Gasteiger partial charge on any atom is -0.356 e. The van der Waals surface area contributed by atoms with Crippen molar-refractivity contribution in [3.8, 4) is 0 Å². The van der Waals surface area contributed by atoms with Crippen LogP contribution in [0.4, 0.5) is 0 Å². The van der Waals surface area contributed by atoms with E-state index in [9.17, 15) is 9.59 Å². The summed E-state index contributed by atoms with van der Waals surface area (Å²) >= 11 is 0. The van der Waals surface area contributed by atoms with Gasteiger partial charge in [0.2, 0.25) is 5.91 Å². The summed E-state index contributed by atoms with van der Waals surface area (Å²) < 4.78 is 0. The highest BCUT2D eigenvalue weighted by Gasteiger charge is 2.00. The molecule has 0 aliphatic rings. The minimum atomic E-state index is -0.0259. The second kappa shape index (κ2) is 8.24. The Morgan fingerprint density at radius 1 is 1.25 bits per heavy atom. The molecule has 0 aromatic rings. The van der Waals surface area contributed by atoms with Gasteiger partial charge in [0, 0.05) is 19.4 Å². The zero-order valence-electron chi connectivity index (χ0n) is 7.14. The highest BCUT2D eigenvalue weighted by atomic mass is 16.2. The summed E-state index contributed by atoms with van der Waals surface area (Å²) in [7, 11) is 0. The summed E-state index contributed by atoms with van der Waals surface area (Å²) in [6.45, 7) is 4.19. The Balaban J connectivity index is 0. The third-order valence-electron chi connectivity index (χ3n) is 1.28. The first-order valence-electron chi connectivity index (χ1n) is 3.93. The molecular formula is C9H19NO2. The van der Waals surface area contributed by atoms with Crippen LogP contribution in [0.5, 0.6) is 0 Å². The zero-order valence-corrected chi connectivity index (χ0v) is 7.14. The number of rotatable bonds is 5. The third kappa shape index (κ3) is 9.14. The second-order valence-electron chi connectivity index (χ2n) is 2.55. The Hall–Kier alpha value is -0.860. The van der Waals surface area contributed by atoms with Crippen LogP contribution in [0.1, 0.15) is 40.5 Å². The molecule has 1 amide bonds. The second-order valence-corrected chi connectivity index (χ2v) is 2.55. The average Bonchev–Trinajstić information content (AvgIpc) is 1.97. The van der Waals surface area contributed by atoms with Crippen molar-refractivity contribution >= 4 is 11.7 Å². The van der Waals surface area contributed by atoms with Crippen LogP contribution in [0.25, 0.3) is 0 Å². The predicted molar refractivity (Wildman–Crippen MR) is 49.9 cm³/mol. The van der Waals surface area contributed by atoms with Gasteiger partial charge in [0.05, 0.1) is 0 Å². The minimum absolute atomic E-state index is 0. The molecule has 3 heteroatoms. The molecule has 0 heterocycles. The molecule has 0 radical (unpaired) electrons. The van der Waals surface area contributed by atoms with Gasteiger partial charge < -0.3 is 10.1 Å². The van der Waals surface area contributed by atoms with Crippen molar-refractivity contribution in [2.45, 2.75) is 40.5 Å². The molecule has 0 aromatic heterocycles. The molecule has 0 saturated carbocycles. The Morgan fingerprint density at radius 3 is 2.25 bits per heavy atom. The van der Waals surface area contributed by atoms with Crippen molar-refractivity contribution < 1.29 is 9.59 Å². The largest absolute Gasteiger partial charge is 0.356 e. The number of nitrogens with one attached hydrogen (secondary N) is 1. The Labute approximate surface area is 74.5 Å². The average molecular weight is 173 g/mol. The highest BCUT2D eigenvalue weighted by molar-refractivity contribution is 5.83. The standard InChI is InChI=1S/C8H15NO2.CH4/c1-3-6-9-8(11)5-4-7(2)10;/h3-6H2,1-2H3,(H,9,11);1H4. The van der Waals surface area contributed by atoms with Gasteiger partial charge in [-0.3, -0.25) is 4.79 Å². The molecule has 0 aromatic carbocycles. The zero-order chi connectivity index (χ0) is 8.69. The van der Waals surface area contributed by atoms with Gasteiger partial charge in [-0.1, -0.05) is 14.4 Å². The van der Waals surface area contributed by atoms with Crippen LogP contribution in [0.3, 0.4) is 0 Å². The van der Waals surface area contributed by atoms with Crippen molar-refractivity contribution in [3.63, 3.8) is 0 Å². The van der Waals surface area contributed by atoms with E-state index in [0.717, 1.165) is 6.42 Å². The van der Waals surface area contributed by atoms with Crippen molar-refractivity contribution in [3.05, 3.63) is 0 Å². The van der Waals surface area contributed by atoms with Crippen LogP contribution in [0, 0.1) is 0 Å². The Kier molecular flexibility index (Phi) is 9.41. The first-order valence-corrected chi connectivity index (χ1v) is 3.93. The van der Waals surface area contributed by atoms with Crippen molar-refractivity contribution in [2.24, 2.45) is 0 Å². The molecule has 0 fully saturated rings. The fraction of sp³-hybridized carbons (Fsp3) is 0.778. The molecule has 1 N–H and O–H groups in total. The van der Waals surface area contributed by atoms with E-state index in [-0.39, 0.29) is 19.1 Å². The smallest absolute Gasteiger partial charge is 0.220 e. The summed E-state index contributed by atoms with van der Waals surface area (Å²) in [4.78, 5) is 21.3. The van der Waals surface area contributed by atoms with Crippen LogP contribution >= 0.6 is 0 Å². The molecule has 0 bridgehead atoms. The number of Topliss-reactive ketones (excluding diaryl/α,β-unsaturated/α-hetero) is 1. The van der Waals surface area contributed by atoms with Crippen LogP contribution in [0.15, 0.2) is 0 Å². The van der Waals surface area contributed by atoms with E-state index in [4.69, 9.17) is 0 Å². The first kappa shape index (κ1) is 13.7. The van der Waals surface area contributed by atoms with Crippen molar-refractivity contribution in [1.29, 1.82) is 0 Å².